The molecular formula is C15H30N2O2. The quantitative estimate of drug-likeness (QED) is 0.800. The molecule has 1 rings (SSSR count). The van der Waals surface area contributed by atoms with Crippen molar-refractivity contribution >= 4 is 5.91 Å². The van der Waals surface area contributed by atoms with Crippen LogP contribution in [0.15, 0.2) is 0 Å². The highest BCUT2D eigenvalue weighted by Crippen LogP contribution is 2.30. The summed E-state index contributed by atoms with van der Waals surface area (Å²) < 4.78 is 0. The number of aliphatic hydroxyl groups is 1. The van der Waals surface area contributed by atoms with E-state index in [-0.39, 0.29) is 17.9 Å². The number of nitrogens with zero attached hydrogens (tertiary/aromatic N) is 1. The van der Waals surface area contributed by atoms with Gasteiger partial charge < -0.3 is 15.7 Å². The van der Waals surface area contributed by atoms with Gasteiger partial charge in [-0.1, -0.05) is 13.3 Å². The summed E-state index contributed by atoms with van der Waals surface area (Å²) in [6, 6.07) is 0.248. The molecule has 4 nitrogen and oxygen atoms in total. The van der Waals surface area contributed by atoms with Crippen molar-refractivity contribution in [3.05, 3.63) is 0 Å². The van der Waals surface area contributed by atoms with Crippen molar-refractivity contribution < 1.29 is 9.90 Å². The maximum Gasteiger partial charge on any atom is 0.225 e. The fourth-order valence-electron chi connectivity index (χ4n) is 3.02. The molecule has 112 valence electrons. The zero-order valence-corrected chi connectivity index (χ0v) is 12.9. The van der Waals surface area contributed by atoms with E-state index in [1.807, 2.05) is 13.8 Å². The smallest absolute Gasteiger partial charge is 0.225 e. The lowest BCUT2D eigenvalue weighted by molar-refractivity contribution is -0.140. The lowest BCUT2D eigenvalue weighted by Gasteiger charge is -2.35. The third kappa shape index (κ3) is 5.11. The topological polar surface area (TPSA) is 66.6 Å². The highest BCUT2D eigenvalue weighted by atomic mass is 16.3. The maximum atomic E-state index is 12.5. The van der Waals surface area contributed by atoms with Gasteiger partial charge in [0.2, 0.25) is 5.91 Å². The summed E-state index contributed by atoms with van der Waals surface area (Å²) in [6.07, 6.45) is 4.26. The molecule has 0 aromatic rings. The highest BCUT2D eigenvalue weighted by Gasteiger charge is 2.32. The Kier molecular flexibility index (Phi) is 5.81. The standard InChI is InChI=1S/C15H30N2O2/c1-5-17(10-15(3,4)19)14(18)11(2)12-7-6-8-13(16)9-12/h11-13,19H,5-10,16H2,1-4H3. The fraction of sp³-hybridized carbons (Fsp3) is 0.933. The Morgan fingerprint density at radius 2 is 2.11 bits per heavy atom. The number of likely N-dealkylation sites (N-methyl/N-ethyl adjacent to an activating group) is 1. The van der Waals surface area contributed by atoms with Crippen LogP contribution in [-0.2, 0) is 4.79 Å². The van der Waals surface area contributed by atoms with E-state index in [0.717, 1.165) is 25.7 Å². The van der Waals surface area contributed by atoms with Crippen LogP contribution in [0.1, 0.15) is 53.4 Å². The Morgan fingerprint density at radius 1 is 1.47 bits per heavy atom. The van der Waals surface area contributed by atoms with E-state index >= 15 is 0 Å². The predicted octanol–water partition coefficient (Wildman–Crippen LogP) is 1.76. The van der Waals surface area contributed by atoms with E-state index in [2.05, 4.69) is 0 Å². The molecule has 0 aromatic carbocycles. The summed E-state index contributed by atoms with van der Waals surface area (Å²) >= 11 is 0. The maximum absolute atomic E-state index is 12.5. The molecule has 3 unspecified atom stereocenters. The zero-order chi connectivity index (χ0) is 14.6. The molecule has 1 saturated carbocycles. The second-order valence-corrected chi connectivity index (χ2v) is 6.64. The number of carbonyl (C=O) groups excluding carboxylic acids is 1. The number of amides is 1. The molecule has 0 aliphatic heterocycles. The Balaban J connectivity index is 2.63. The van der Waals surface area contributed by atoms with Crippen molar-refractivity contribution in [2.75, 3.05) is 13.1 Å². The normalized spacial score (nSPS) is 26.0. The third-order valence-electron chi connectivity index (χ3n) is 4.12. The van der Waals surface area contributed by atoms with Crippen molar-refractivity contribution in [3.63, 3.8) is 0 Å². The minimum Gasteiger partial charge on any atom is -0.389 e. The van der Waals surface area contributed by atoms with E-state index in [1.54, 1.807) is 18.7 Å². The molecule has 19 heavy (non-hydrogen) atoms. The van der Waals surface area contributed by atoms with Gasteiger partial charge in [0.25, 0.3) is 0 Å². The number of rotatable bonds is 5. The molecule has 1 amide bonds. The zero-order valence-electron chi connectivity index (χ0n) is 12.9. The third-order valence-corrected chi connectivity index (χ3v) is 4.12. The first-order chi connectivity index (χ1) is 8.74. The molecular weight excluding hydrogens is 240 g/mol. The van der Waals surface area contributed by atoms with E-state index in [4.69, 9.17) is 5.73 Å². The van der Waals surface area contributed by atoms with Crippen molar-refractivity contribution in [1.82, 2.24) is 4.90 Å². The van der Waals surface area contributed by atoms with Crippen LogP contribution in [0, 0.1) is 11.8 Å². The summed E-state index contributed by atoms with van der Waals surface area (Å²) in [5, 5.41) is 9.89. The van der Waals surface area contributed by atoms with Crippen LogP contribution < -0.4 is 5.73 Å². The summed E-state index contributed by atoms with van der Waals surface area (Å²) in [6.45, 7) is 8.49. The minimum atomic E-state index is -0.839. The molecule has 0 heterocycles. The molecule has 0 saturated heterocycles. The summed E-state index contributed by atoms with van der Waals surface area (Å²) in [7, 11) is 0. The summed E-state index contributed by atoms with van der Waals surface area (Å²) in [5.41, 5.74) is 5.17. The molecule has 1 aliphatic rings. The van der Waals surface area contributed by atoms with Crippen molar-refractivity contribution in [2.45, 2.75) is 65.0 Å². The molecule has 0 aromatic heterocycles. The first-order valence-electron chi connectivity index (χ1n) is 7.51. The van der Waals surface area contributed by atoms with Gasteiger partial charge in [0.1, 0.15) is 0 Å². The van der Waals surface area contributed by atoms with Gasteiger partial charge in [0.05, 0.1) is 5.60 Å². The van der Waals surface area contributed by atoms with Crippen LogP contribution >= 0.6 is 0 Å². The van der Waals surface area contributed by atoms with Crippen LogP contribution in [0.3, 0.4) is 0 Å². The Hall–Kier alpha value is -0.610. The molecule has 3 atom stereocenters. The Bertz CT molecular complexity index is 299. The van der Waals surface area contributed by atoms with Gasteiger partial charge in [-0.3, -0.25) is 4.79 Å². The predicted molar refractivity (Wildman–Crippen MR) is 77.6 cm³/mol. The fourth-order valence-corrected chi connectivity index (χ4v) is 3.02. The molecule has 0 radical (unpaired) electrons. The van der Waals surface area contributed by atoms with Crippen molar-refractivity contribution in [2.24, 2.45) is 17.6 Å². The Labute approximate surface area is 117 Å². The number of carbonyl (C=O) groups is 1. The Morgan fingerprint density at radius 3 is 2.58 bits per heavy atom. The van der Waals surface area contributed by atoms with Crippen LogP contribution in [0.25, 0.3) is 0 Å². The lowest BCUT2D eigenvalue weighted by atomic mass is 9.78. The van der Waals surface area contributed by atoms with E-state index in [1.165, 1.54) is 0 Å². The summed E-state index contributed by atoms with van der Waals surface area (Å²) in [5.74, 6) is 0.560. The molecule has 0 spiro atoms. The van der Waals surface area contributed by atoms with Crippen molar-refractivity contribution in [3.8, 4) is 0 Å². The van der Waals surface area contributed by atoms with E-state index in [0.29, 0.717) is 19.0 Å². The van der Waals surface area contributed by atoms with Crippen LogP contribution in [0.5, 0.6) is 0 Å². The number of hydrogen-bond acceptors (Lipinski definition) is 3. The van der Waals surface area contributed by atoms with Gasteiger partial charge in [-0.05, 0) is 46.0 Å². The highest BCUT2D eigenvalue weighted by molar-refractivity contribution is 5.78. The lowest BCUT2D eigenvalue weighted by Crippen LogP contribution is -2.46. The molecule has 0 bridgehead atoms. The first-order valence-corrected chi connectivity index (χ1v) is 7.51. The number of hydrogen-bond donors (Lipinski definition) is 2. The van der Waals surface area contributed by atoms with Gasteiger partial charge in [0.15, 0.2) is 0 Å². The molecule has 4 heteroatoms. The largest absolute Gasteiger partial charge is 0.389 e. The second kappa shape index (κ2) is 6.71. The molecule has 1 aliphatic carbocycles. The summed E-state index contributed by atoms with van der Waals surface area (Å²) in [4.78, 5) is 14.3. The molecule has 1 fully saturated rings. The first kappa shape index (κ1) is 16.4. The average molecular weight is 270 g/mol. The van der Waals surface area contributed by atoms with Gasteiger partial charge in [-0.2, -0.15) is 0 Å². The van der Waals surface area contributed by atoms with Crippen LogP contribution in [0.4, 0.5) is 0 Å². The second-order valence-electron chi connectivity index (χ2n) is 6.64. The monoisotopic (exact) mass is 270 g/mol. The average Bonchev–Trinajstić information content (AvgIpc) is 2.33. The van der Waals surface area contributed by atoms with Crippen LogP contribution in [-0.4, -0.2) is 40.6 Å². The van der Waals surface area contributed by atoms with E-state index in [9.17, 15) is 9.90 Å². The van der Waals surface area contributed by atoms with E-state index < -0.39 is 5.60 Å². The number of nitrogens with two attached hydrogens (primary N) is 1. The van der Waals surface area contributed by atoms with Gasteiger partial charge in [-0.15, -0.1) is 0 Å². The van der Waals surface area contributed by atoms with Gasteiger partial charge in [0, 0.05) is 25.0 Å². The van der Waals surface area contributed by atoms with Gasteiger partial charge in [-0.25, -0.2) is 0 Å². The van der Waals surface area contributed by atoms with Crippen molar-refractivity contribution in [1.29, 1.82) is 0 Å². The molecule has 3 N–H and O–H groups in total. The van der Waals surface area contributed by atoms with Crippen LogP contribution in [0.2, 0.25) is 0 Å². The minimum absolute atomic E-state index is 0.00801. The SMILES string of the molecule is CCN(CC(C)(C)O)C(=O)C(C)C1CCCC(N)C1. The van der Waals surface area contributed by atoms with Gasteiger partial charge >= 0.3 is 0 Å².